The zero-order valence-corrected chi connectivity index (χ0v) is 11.5. The van der Waals surface area contributed by atoms with E-state index in [9.17, 15) is 8.42 Å². The van der Waals surface area contributed by atoms with Crippen LogP contribution in [-0.4, -0.2) is 50.3 Å². The molecule has 0 aliphatic carbocycles. The van der Waals surface area contributed by atoms with Crippen LogP contribution in [-0.2, 0) is 10.0 Å². The molecule has 1 atom stereocenters. The maximum atomic E-state index is 12.5. The molecule has 0 bridgehead atoms. The maximum Gasteiger partial charge on any atom is 0.243 e. The van der Waals surface area contributed by atoms with Crippen molar-refractivity contribution in [2.45, 2.75) is 17.9 Å². The van der Waals surface area contributed by atoms with E-state index in [0.29, 0.717) is 12.2 Å². The summed E-state index contributed by atoms with van der Waals surface area (Å²) in [7, 11) is -1.43. The highest BCUT2D eigenvalue weighted by Gasteiger charge is 2.32. The first kappa shape index (κ1) is 13.3. The fraction of sp³-hybridized carbons (Fsp3) is 0.500. The Morgan fingerprint density at radius 1 is 1.33 bits per heavy atom. The Balaban J connectivity index is 2.31. The van der Waals surface area contributed by atoms with Gasteiger partial charge in [0.2, 0.25) is 10.0 Å². The molecule has 0 spiro atoms. The van der Waals surface area contributed by atoms with Crippen molar-refractivity contribution in [2.75, 3.05) is 32.4 Å². The van der Waals surface area contributed by atoms with Crippen LogP contribution in [0, 0.1) is 0 Å². The third kappa shape index (κ3) is 2.50. The summed E-state index contributed by atoms with van der Waals surface area (Å²) in [5.41, 5.74) is 6.12. The lowest BCUT2D eigenvalue weighted by atomic mass is 10.2. The molecule has 0 radical (unpaired) electrons. The molecular formula is C12H19N3O2S. The molecular weight excluding hydrogens is 250 g/mol. The molecule has 6 heteroatoms. The van der Waals surface area contributed by atoms with Crippen LogP contribution in [0.5, 0.6) is 0 Å². The van der Waals surface area contributed by atoms with Gasteiger partial charge in [-0.3, -0.25) is 0 Å². The van der Waals surface area contributed by atoms with Gasteiger partial charge in [0, 0.05) is 31.4 Å². The predicted molar refractivity (Wildman–Crippen MR) is 71.7 cm³/mol. The minimum Gasteiger partial charge on any atom is -0.399 e. The fourth-order valence-electron chi connectivity index (χ4n) is 2.29. The van der Waals surface area contributed by atoms with Crippen molar-refractivity contribution >= 4 is 15.7 Å². The first-order valence-electron chi connectivity index (χ1n) is 5.97. The quantitative estimate of drug-likeness (QED) is 0.798. The Hall–Kier alpha value is -1.11. The summed E-state index contributed by atoms with van der Waals surface area (Å²) in [5, 5.41) is 0. The Bertz CT molecular complexity index is 530. The van der Waals surface area contributed by atoms with Gasteiger partial charge >= 0.3 is 0 Å². The van der Waals surface area contributed by atoms with Gasteiger partial charge in [0.05, 0.1) is 4.90 Å². The first-order valence-corrected chi connectivity index (χ1v) is 7.41. The lowest BCUT2D eigenvalue weighted by molar-refractivity contribution is 0.170. The Kier molecular flexibility index (Phi) is 3.61. The van der Waals surface area contributed by atoms with E-state index >= 15 is 0 Å². The molecule has 18 heavy (non-hydrogen) atoms. The number of hydrogen-bond acceptors (Lipinski definition) is 4. The molecule has 1 heterocycles. The van der Waals surface area contributed by atoms with Gasteiger partial charge in [0.1, 0.15) is 0 Å². The average molecular weight is 269 g/mol. The summed E-state index contributed by atoms with van der Waals surface area (Å²) in [5.74, 6) is 0. The van der Waals surface area contributed by atoms with E-state index in [4.69, 9.17) is 5.73 Å². The highest BCUT2D eigenvalue weighted by atomic mass is 32.2. The highest BCUT2D eigenvalue weighted by molar-refractivity contribution is 7.89. The van der Waals surface area contributed by atoms with Gasteiger partial charge < -0.3 is 10.6 Å². The summed E-state index contributed by atoms with van der Waals surface area (Å²) < 4.78 is 26.6. The van der Waals surface area contributed by atoms with Gasteiger partial charge in [0.15, 0.2) is 0 Å². The van der Waals surface area contributed by atoms with Gasteiger partial charge in [-0.25, -0.2) is 8.42 Å². The van der Waals surface area contributed by atoms with Crippen LogP contribution in [0.4, 0.5) is 5.69 Å². The number of likely N-dealkylation sites (N-methyl/N-ethyl adjacent to an activating group) is 1. The predicted octanol–water partition coefficient (Wildman–Crippen LogP) is 0.593. The second-order valence-corrected chi connectivity index (χ2v) is 6.69. The topological polar surface area (TPSA) is 66.6 Å². The summed E-state index contributed by atoms with van der Waals surface area (Å²) in [6, 6.07) is 6.45. The molecule has 1 aromatic carbocycles. The largest absolute Gasteiger partial charge is 0.399 e. The molecule has 1 aliphatic heterocycles. The van der Waals surface area contributed by atoms with Crippen molar-refractivity contribution in [1.29, 1.82) is 0 Å². The van der Waals surface area contributed by atoms with Crippen LogP contribution in [0.2, 0.25) is 0 Å². The van der Waals surface area contributed by atoms with Crippen molar-refractivity contribution in [1.82, 2.24) is 9.21 Å². The van der Waals surface area contributed by atoms with Crippen molar-refractivity contribution < 1.29 is 8.42 Å². The third-order valence-electron chi connectivity index (χ3n) is 3.23. The Morgan fingerprint density at radius 3 is 2.67 bits per heavy atom. The second kappa shape index (κ2) is 4.87. The normalized spacial score (nSPS) is 23.1. The number of hydrogen-bond donors (Lipinski definition) is 1. The van der Waals surface area contributed by atoms with Gasteiger partial charge in [-0.1, -0.05) is 6.07 Å². The smallest absolute Gasteiger partial charge is 0.243 e. The third-order valence-corrected chi connectivity index (χ3v) is 5.24. The monoisotopic (exact) mass is 269 g/mol. The van der Waals surface area contributed by atoms with Crippen LogP contribution < -0.4 is 5.73 Å². The zero-order chi connectivity index (χ0) is 13.3. The van der Waals surface area contributed by atoms with Crippen molar-refractivity contribution in [3.63, 3.8) is 0 Å². The van der Waals surface area contributed by atoms with E-state index in [1.807, 2.05) is 14.0 Å². The second-order valence-electron chi connectivity index (χ2n) is 4.80. The van der Waals surface area contributed by atoms with Gasteiger partial charge in [0.25, 0.3) is 0 Å². The van der Waals surface area contributed by atoms with E-state index in [-0.39, 0.29) is 10.9 Å². The van der Waals surface area contributed by atoms with Crippen molar-refractivity contribution in [2.24, 2.45) is 0 Å². The van der Waals surface area contributed by atoms with Crippen molar-refractivity contribution in [3.8, 4) is 0 Å². The van der Waals surface area contributed by atoms with E-state index in [0.717, 1.165) is 13.1 Å². The SMILES string of the molecule is CC1CN(C)CCN1S(=O)(=O)c1cccc(N)c1. The van der Waals surface area contributed by atoms with Crippen LogP contribution in [0.1, 0.15) is 6.92 Å². The number of sulfonamides is 1. The molecule has 100 valence electrons. The minimum atomic E-state index is -3.43. The number of anilines is 1. The molecule has 2 N–H and O–H groups in total. The summed E-state index contributed by atoms with van der Waals surface area (Å²) in [4.78, 5) is 2.41. The summed E-state index contributed by atoms with van der Waals surface area (Å²) in [6.45, 7) is 3.96. The highest BCUT2D eigenvalue weighted by Crippen LogP contribution is 2.22. The molecule has 0 amide bonds. The number of nitrogens with zero attached hydrogens (tertiary/aromatic N) is 2. The maximum absolute atomic E-state index is 12.5. The molecule has 2 rings (SSSR count). The molecule has 1 fully saturated rings. The van der Waals surface area contributed by atoms with Crippen LogP contribution in [0.25, 0.3) is 0 Å². The first-order chi connectivity index (χ1) is 8.41. The number of benzene rings is 1. The minimum absolute atomic E-state index is 0.0184. The van der Waals surface area contributed by atoms with Crippen LogP contribution in [0.3, 0.4) is 0 Å². The molecule has 1 unspecified atom stereocenters. The summed E-state index contributed by atoms with van der Waals surface area (Å²) >= 11 is 0. The van der Waals surface area contributed by atoms with Gasteiger partial charge in [-0.05, 0) is 32.2 Å². The number of rotatable bonds is 2. The molecule has 1 saturated heterocycles. The van der Waals surface area contributed by atoms with Gasteiger partial charge in [-0.15, -0.1) is 0 Å². The molecule has 1 aliphatic rings. The van der Waals surface area contributed by atoms with E-state index < -0.39 is 10.0 Å². The number of piperazine rings is 1. The molecule has 0 aromatic heterocycles. The lowest BCUT2D eigenvalue weighted by Crippen LogP contribution is -2.52. The van der Waals surface area contributed by atoms with Crippen LogP contribution >= 0.6 is 0 Å². The zero-order valence-electron chi connectivity index (χ0n) is 10.7. The van der Waals surface area contributed by atoms with E-state index in [1.165, 1.54) is 6.07 Å². The number of nitrogen functional groups attached to an aromatic ring is 1. The molecule has 0 saturated carbocycles. The summed E-state index contributed by atoms with van der Waals surface area (Å²) in [6.07, 6.45) is 0. The standard InChI is InChI=1S/C12H19N3O2S/c1-10-9-14(2)6-7-15(10)18(16,17)12-5-3-4-11(13)8-12/h3-5,8,10H,6-7,9,13H2,1-2H3. The van der Waals surface area contributed by atoms with E-state index in [1.54, 1.807) is 22.5 Å². The van der Waals surface area contributed by atoms with E-state index in [2.05, 4.69) is 4.90 Å². The van der Waals surface area contributed by atoms with Gasteiger partial charge in [-0.2, -0.15) is 4.31 Å². The average Bonchev–Trinajstić information content (AvgIpc) is 2.28. The molecule has 5 nitrogen and oxygen atoms in total. The lowest BCUT2D eigenvalue weighted by Gasteiger charge is -2.37. The number of nitrogens with two attached hydrogens (primary N) is 1. The fourth-order valence-corrected chi connectivity index (χ4v) is 3.96. The Labute approximate surface area is 108 Å². The van der Waals surface area contributed by atoms with Crippen molar-refractivity contribution in [3.05, 3.63) is 24.3 Å². The molecule has 1 aromatic rings. The Morgan fingerprint density at radius 2 is 2.06 bits per heavy atom. The van der Waals surface area contributed by atoms with Crippen LogP contribution in [0.15, 0.2) is 29.2 Å².